The van der Waals surface area contributed by atoms with E-state index in [2.05, 4.69) is 67.0 Å². The number of aromatic nitrogens is 3. The molecule has 0 N–H and O–H groups in total. The van der Waals surface area contributed by atoms with Crippen molar-refractivity contribution in [2.75, 3.05) is 0 Å². The Morgan fingerprint density at radius 3 is 2.05 bits per heavy atom. The molecule has 0 aliphatic rings. The highest BCUT2D eigenvalue weighted by molar-refractivity contribution is 5.79. The van der Waals surface area contributed by atoms with Gasteiger partial charge in [0.25, 0.3) is 0 Å². The number of para-hydroxylation sites is 2. The molecule has 0 amide bonds. The third-order valence-electron chi connectivity index (χ3n) is 2.74. The van der Waals surface area contributed by atoms with Crippen molar-refractivity contribution >= 4 is 16.8 Å². The Morgan fingerprint density at radius 1 is 0.905 bits per heavy atom. The summed E-state index contributed by atoms with van der Waals surface area (Å²) in [6.07, 6.45) is 4.16. The molecule has 0 bridgehead atoms. The first-order chi connectivity index (χ1) is 10.0. The lowest BCUT2D eigenvalue weighted by Crippen LogP contribution is -1.99. The first-order valence-electron chi connectivity index (χ1n) is 7.94. The molecular weight excluding hydrogens is 258 g/mol. The molecule has 0 unspecified atom stereocenters. The lowest BCUT2D eigenvalue weighted by atomic mass is 10.3. The van der Waals surface area contributed by atoms with Gasteiger partial charge in [-0.05, 0) is 31.9 Å². The Hall–Kier alpha value is -1.77. The maximum atomic E-state index is 4.62. The molecule has 3 aromatic rings. The molecule has 0 atom stereocenters. The molecule has 0 spiro atoms. The van der Waals surface area contributed by atoms with E-state index in [1.165, 1.54) is 5.52 Å². The van der Waals surface area contributed by atoms with Crippen molar-refractivity contribution in [2.24, 2.45) is 5.92 Å². The average molecular weight is 287 g/mol. The molecule has 0 aliphatic carbocycles. The van der Waals surface area contributed by atoms with Crippen LogP contribution in [-0.2, 0) is 0 Å². The van der Waals surface area contributed by atoms with Crippen LogP contribution in [0.2, 0.25) is 0 Å². The SMILES string of the molecule is CC.CC(C)C.CC(C)n1ccn2c3ccccc3nc12. The molecule has 3 rings (SSSR count). The van der Waals surface area contributed by atoms with Gasteiger partial charge in [0.05, 0.1) is 11.0 Å². The largest absolute Gasteiger partial charge is 0.314 e. The van der Waals surface area contributed by atoms with Crippen LogP contribution in [0.15, 0.2) is 36.7 Å². The van der Waals surface area contributed by atoms with E-state index in [1.807, 2.05) is 32.0 Å². The van der Waals surface area contributed by atoms with Crippen molar-refractivity contribution in [2.45, 2.75) is 54.5 Å². The van der Waals surface area contributed by atoms with Crippen LogP contribution in [-0.4, -0.2) is 14.0 Å². The van der Waals surface area contributed by atoms with Crippen molar-refractivity contribution in [1.29, 1.82) is 0 Å². The second-order valence-electron chi connectivity index (χ2n) is 5.80. The Kier molecular flexibility index (Phi) is 6.47. The zero-order valence-electron chi connectivity index (χ0n) is 14.5. The van der Waals surface area contributed by atoms with Crippen LogP contribution in [0.5, 0.6) is 0 Å². The monoisotopic (exact) mass is 287 g/mol. The second-order valence-corrected chi connectivity index (χ2v) is 5.80. The molecule has 3 heteroatoms. The number of nitrogens with zero attached hydrogens (tertiary/aromatic N) is 3. The predicted molar refractivity (Wildman–Crippen MR) is 92.9 cm³/mol. The summed E-state index contributed by atoms with van der Waals surface area (Å²) in [6, 6.07) is 8.66. The number of hydrogen-bond donors (Lipinski definition) is 0. The summed E-state index contributed by atoms with van der Waals surface area (Å²) in [4.78, 5) is 4.62. The van der Waals surface area contributed by atoms with E-state index in [1.54, 1.807) is 0 Å². The van der Waals surface area contributed by atoms with Crippen molar-refractivity contribution in [3.63, 3.8) is 0 Å². The Morgan fingerprint density at radius 2 is 1.48 bits per heavy atom. The molecule has 3 nitrogen and oxygen atoms in total. The van der Waals surface area contributed by atoms with Crippen molar-refractivity contribution < 1.29 is 0 Å². The van der Waals surface area contributed by atoms with Gasteiger partial charge in [-0.2, -0.15) is 0 Å². The summed E-state index contributed by atoms with van der Waals surface area (Å²) < 4.78 is 4.31. The molecule has 0 saturated carbocycles. The predicted octanol–water partition coefficient (Wildman–Crippen LogP) is 5.56. The molecule has 0 saturated heterocycles. The van der Waals surface area contributed by atoms with Gasteiger partial charge in [0.15, 0.2) is 0 Å². The quantitative estimate of drug-likeness (QED) is 0.574. The summed E-state index contributed by atoms with van der Waals surface area (Å²) in [7, 11) is 0. The molecule has 116 valence electrons. The number of rotatable bonds is 1. The van der Waals surface area contributed by atoms with Crippen molar-refractivity contribution in [3.05, 3.63) is 36.7 Å². The van der Waals surface area contributed by atoms with Gasteiger partial charge >= 0.3 is 0 Å². The maximum Gasteiger partial charge on any atom is 0.215 e. The van der Waals surface area contributed by atoms with E-state index in [0.29, 0.717) is 6.04 Å². The van der Waals surface area contributed by atoms with E-state index < -0.39 is 0 Å². The van der Waals surface area contributed by atoms with Crippen LogP contribution in [0.4, 0.5) is 0 Å². The number of fused-ring (bicyclic) bond motifs is 3. The van der Waals surface area contributed by atoms with Crippen LogP contribution < -0.4 is 0 Å². The first kappa shape index (κ1) is 17.3. The molecule has 2 aromatic heterocycles. The molecule has 1 aromatic carbocycles. The Balaban J connectivity index is 0.000000322. The standard InChI is InChI=1S/C12H13N3.C4H10.C2H6/c1-9(2)14-7-8-15-11-6-4-3-5-10(11)13-12(14)15;1-4(2)3;1-2/h3-9H,1-2H3;4H,1-3H3;1-2H3. The van der Waals surface area contributed by atoms with Crippen LogP contribution in [0.25, 0.3) is 16.8 Å². The number of benzene rings is 1. The minimum atomic E-state index is 0.444. The van der Waals surface area contributed by atoms with Gasteiger partial charge in [-0.1, -0.05) is 46.8 Å². The van der Waals surface area contributed by atoms with Crippen molar-refractivity contribution in [1.82, 2.24) is 14.0 Å². The number of imidazole rings is 2. The molecule has 21 heavy (non-hydrogen) atoms. The highest BCUT2D eigenvalue weighted by atomic mass is 15.2. The fraction of sp³-hybridized carbons (Fsp3) is 0.500. The zero-order valence-corrected chi connectivity index (χ0v) is 14.5. The smallest absolute Gasteiger partial charge is 0.215 e. The fourth-order valence-corrected chi connectivity index (χ4v) is 1.97. The van der Waals surface area contributed by atoms with Gasteiger partial charge in [0.2, 0.25) is 5.78 Å². The van der Waals surface area contributed by atoms with E-state index in [0.717, 1.165) is 17.2 Å². The summed E-state index contributed by atoms with van der Waals surface area (Å²) >= 11 is 0. The third kappa shape index (κ3) is 4.10. The summed E-state index contributed by atoms with van der Waals surface area (Å²) in [5, 5.41) is 0. The number of hydrogen-bond acceptors (Lipinski definition) is 1. The fourth-order valence-electron chi connectivity index (χ4n) is 1.97. The van der Waals surface area contributed by atoms with Crippen LogP contribution in [0, 0.1) is 5.92 Å². The zero-order chi connectivity index (χ0) is 16.0. The van der Waals surface area contributed by atoms with E-state index in [4.69, 9.17) is 0 Å². The van der Waals surface area contributed by atoms with Gasteiger partial charge in [0.1, 0.15) is 0 Å². The topological polar surface area (TPSA) is 22.2 Å². The summed E-state index contributed by atoms with van der Waals surface area (Å²) in [5.41, 5.74) is 2.23. The van der Waals surface area contributed by atoms with E-state index >= 15 is 0 Å². The minimum absolute atomic E-state index is 0.444. The van der Waals surface area contributed by atoms with E-state index in [9.17, 15) is 0 Å². The maximum absolute atomic E-state index is 4.62. The average Bonchev–Trinajstić information content (AvgIpc) is 2.98. The van der Waals surface area contributed by atoms with Crippen LogP contribution >= 0.6 is 0 Å². The van der Waals surface area contributed by atoms with Gasteiger partial charge in [-0.15, -0.1) is 0 Å². The second kappa shape index (κ2) is 7.87. The van der Waals surface area contributed by atoms with Crippen LogP contribution in [0.3, 0.4) is 0 Å². The Labute approximate surface area is 128 Å². The highest BCUT2D eigenvalue weighted by Crippen LogP contribution is 2.19. The molecule has 2 heterocycles. The summed E-state index contributed by atoms with van der Waals surface area (Å²) in [6.45, 7) is 14.8. The molecule has 0 radical (unpaired) electrons. The minimum Gasteiger partial charge on any atom is -0.314 e. The first-order valence-corrected chi connectivity index (χ1v) is 7.94. The van der Waals surface area contributed by atoms with Crippen molar-refractivity contribution in [3.8, 4) is 0 Å². The normalized spacial score (nSPS) is 10.5. The Bertz CT molecular complexity index is 657. The highest BCUT2D eigenvalue weighted by Gasteiger charge is 2.09. The molecular formula is C18H29N3. The van der Waals surface area contributed by atoms with Gasteiger partial charge in [-0.25, -0.2) is 4.98 Å². The summed E-state index contributed by atoms with van der Waals surface area (Å²) in [5.74, 6) is 1.85. The van der Waals surface area contributed by atoms with Gasteiger partial charge in [-0.3, -0.25) is 4.40 Å². The molecule has 0 fully saturated rings. The van der Waals surface area contributed by atoms with E-state index in [-0.39, 0.29) is 0 Å². The van der Waals surface area contributed by atoms with Gasteiger partial charge < -0.3 is 4.57 Å². The lowest BCUT2D eigenvalue weighted by Gasteiger charge is -2.04. The van der Waals surface area contributed by atoms with Gasteiger partial charge in [0, 0.05) is 18.4 Å². The third-order valence-corrected chi connectivity index (χ3v) is 2.74. The lowest BCUT2D eigenvalue weighted by molar-refractivity contribution is 0.615. The van der Waals surface area contributed by atoms with Crippen LogP contribution in [0.1, 0.15) is 54.5 Å². The molecule has 0 aliphatic heterocycles.